The molecule has 2 rings (SSSR count). The fourth-order valence-corrected chi connectivity index (χ4v) is 2.46. The molecule has 1 atom stereocenters. The maximum Gasteiger partial charge on any atom is 0.184 e. The number of rotatable bonds is 4. The van der Waals surface area contributed by atoms with E-state index >= 15 is 0 Å². The van der Waals surface area contributed by atoms with Crippen LogP contribution in [0.25, 0.3) is 0 Å². The summed E-state index contributed by atoms with van der Waals surface area (Å²) in [5.74, 6) is -0.374. The summed E-state index contributed by atoms with van der Waals surface area (Å²) in [6.07, 6.45) is 0. The first-order valence-electron chi connectivity index (χ1n) is 5.99. The van der Waals surface area contributed by atoms with Crippen molar-refractivity contribution < 1.29 is 9.53 Å². The Morgan fingerprint density at radius 2 is 2.00 bits per heavy atom. The molecule has 0 N–H and O–H groups in total. The lowest BCUT2D eigenvalue weighted by Gasteiger charge is -2.10. The Labute approximate surface area is 131 Å². The van der Waals surface area contributed by atoms with Crippen LogP contribution in [0, 0.1) is 14.9 Å². The van der Waals surface area contributed by atoms with Gasteiger partial charge in [0.1, 0.15) is 11.7 Å². The number of nitriles is 1. The van der Waals surface area contributed by atoms with Crippen LogP contribution in [-0.2, 0) is 0 Å². The molecule has 0 bridgehead atoms. The lowest BCUT2D eigenvalue weighted by Crippen LogP contribution is -2.11. The van der Waals surface area contributed by atoms with Gasteiger partial charge in [-0.25, -0.2) is 0 Å². The number of carbonyl (C=O) groups excluding carboxylic acids is 1. The summed E-state index contributed by atoms with van der Waals surface area (Å²) in [7, 11) is 1.56. The van der Waals surface area contributed by atoms with Gasteiger partial charge in [-0.1, -0.05) is 24.3 Å². The van der Waals surface area contributed by atoms with E-state index in [0.29, 0.717) is 16.9 Å². The van der Waals surface area contributed by atoms with Gasteiger partial charge in [0.25, 0.3) is 0 Å². The average molecular weight is 377 g/mol. The van der Waals surface area contributed by atoms with E-state index in [-0.39, 0.29) is 5.78 Å². The Kier molecular flexibility index (Phi) is 4.74. The Hall–Kier alpha value is -1.87. The van der Waals surface area contributed by atoms with Gasteiger partial charge in [-0.15, -0.1) is 0 Å². The van der Waals surface area contributed by atoms with Crippen LogP contribution < -0.4 is 4.74 Å². The van der Waals surface area contributed by atoms with Gasteiger partial charge >= 0.3 is 0 Å². The number of benzene rings is 2. The third kappa shape index (κ3) is 3.17. The highest BCUT2D eigenvalue weighted by atomic mass is 127. The largest absolute Gasteiger partial charge is 0.497 e. The van der Waals surface area contributed by atoms with Crippen LogP contribution in [0.4, 0.5) is 0 Å². The fraction of sp³-hybridized carbons (Fsp3) is 0.125. The molecule has 0 aromatic heterocycles. The number of halogens is 1. The van der Waals surface area contributed by atoms with E-state index in [1.165, 1.54) is 0 Å². The van der Waals surface area contributed by atoms with Crippen LogP contribution in [0.2, 0.25) is 0 Å². The normalized spacial score (nSPS) is 11.4. The molecule has 2 aromatic rings. The zero-order valence-corrected chi connectivity index (χ0v) is 13.0. The zero-order valence-electron chi connectivity index (χ0n) is 10.8. The molecule has 0 aliphatic rings. The van der Waals surface area contributed by atoms with E-state index in [0.717, 1.165) is 3.57 Å². The van der Waals surface area contributed by atoms with Crippen LogP contribution in [0.3, 0.4) is 0 Å². The Morgan fingerprint density at radius 3 is 2.65 bits per heavy atom. The van der Waals surface area contributed by atoms with Gasteiger partial charge in [-0.3, -0.25) is 4.79 Å². The second-order valence-corrected chi connectivity index (χ2v) is 5.46. The van der Waals surface area contributed by atoms with E-state index in [2.05, 4.69) is 28.7 Å². The van der Waals surface area contributed by atoms with Crippen molar-refractivity contribution in [2.24, 2.45) is 0 Å². The van der Waals surface area contributed by atoms with Crippen LogP contribution >= 0.6 is 22.6 Å². The number of hydrogen-bond acceptors (Lipinski definition) is 3. The predicted molar refractivity (Wildman–Crippen MR) is 84.8 cm³/mol. The molecule has 3 nitrogen and oxygen atoms in total. The van der Waals surface area contributed by atoms with Crippen molar-refractivity contribution in [3.05, 3.63) is 63.2 Å². The highest BCUT2D eigenvalue weighted by Gasteiger charge is 2.22. The van der Waals surface area contributed by atoms with Gasteiger partial charge in [0.15, 0.2) is 5.78 Å². The third-order valence-corrected chi connectivity index (χ3v) is 3.60. The summed E-state index contributed by atoms with van der Waals surface area (Å²) in [6.45, 7) is 0. The van der Waals surface area contributed by atoms with Crippen molar-refractivity contribution in [2.75, 3.05) is 7.11 Å². The number of Topliss-reactive ketones (excluding diaryl/α,β-unsaturated/α-hetero) is 1. The molecule has 0 aliphatic heterocycles. The maximum atomic E-state index is 12.5. The monoisotopic (exact) mass is 377 g/mol. The van der Waals surface area contributed by atoms with Crippen LogP contribution in [0.1, 0.15) is 21.8 Å². The van der Waals surface area contributed by atoms with Gasteiger partial charge in [0.2, 0.25) is 0 Å². The summed E-state index contributed by atoms with van der Waals surface area (Å²) >= 11 is 2.15. The van der Waals surface area contributed by atoms with E-state index in [1.807, 2.05) is 12.1 Å². The minimum Gasteiger partial charge on any atom is -0.497 e. The van der Waals surface area contributed by atoms with Crippen molar-refractivity contribution in [3.8, 4) is 11.8 Å². The SMILES string of the molecule is COc1cccc(C(C#N)C(=O)c2cccc(I)c2)c1. The molecule has 0 saturated carbocycles. The molecule has 0 radical (unpaired) electrons. The van der Waals surface area contributed by atoms with Gasteiger partial charge < -0.3 is 4.74 Å². The summed E-state index contributed by atoms with van der Waals surface area (Å²) in [5.41, 5.74) is 1.20. The quantitative estimate of drug-likeness (QED) is 0.602. The second kappa shape index (κ2) is 6.53. The summed E-state index contributed by atoms with van der Waals surface area (Å²) in [5, 5.41) is 9.33. The Balaban J connectivity index is 2.37. The standard InChI is InChI=1S/C16H12INO2/c1-20-14-7-3-4-11(9-14)15(10-18)16(19)12-5-2-6-13(17)8-12/h2-9,15H,1H3. The molecule has 20 heavy (non-hydrogen) atoms. The Bertz CT molecular complexity index is 676. The van der Waals surface area contributed by atoms with Crippen molar-refractivity contribution in [3.63, 3.8) is 0 Å². The van der Waals surface area contributed by atoms with Crippen LogP contribution in [0.15, 0.2) is 48.5 Å². The molecule has 2 aromatic carbocycles. The molecule has 100 valence electrons. The van der Waals surface area contributed by atoms with E-state index < -0.39 is 5.92 Å². The first-order chi connectivity index (χ1) is 9.65. The second-order valence-electron chi connectivity index (χ2n) is 4.21. The number of methoxy groups -OCH3 is 1. The predicted octanol–water partition coefficient (Wildman–Crippen LogP) is 3.79. The first kappa shape index (κ1) is 14.5. The van der Waals surface area contributed by atoms with Gasteiger partial charge in [0.05, 0.1) is 13.2 Å². The Morgan fingerprint density at radius 1 is 1.25 bits per heavy atom. The number of carbonyl (C=O) groups is 1. The van der Waals surface area contributed by atoms with Crippen molar-refractivity contribution in [1.82, 2.24) is 0 Å². The zero-order chi connectivity index (χ0) is 14.5. The topological polar surface area (TPSA) is 50.1 Å². The highest BCUT2D eigenvalue weighted by Crippen LogP contribution is 2.24. The van der Waals surface area contributed by atoms with Crippen LogP contribution in [-0.4, -0.2) is 12.9 Å². The molecule has 0 fully saturated rings. The minimum atomic E-state index is -0.816. The van der Waals surface area contributed by atoms with Gasteiger partial charge in [-0.05, 0) is 52.4 Å². The number of ketones is 1. The molecule has 4 heteroatoms. The highest BCUT2D eigenvalue weighted by molar-refractivity contribution is 14.1. The summed E-state index contributed by atoms with van der Waals surface area (Å²) < 4.78 is 6.10. The average Bonchev–Trinajstić information content (AvgIpc) is 2.48. The van der Waals surface area contributed by atoms with E-state index in [1.54, 1.807) is 43.5 Å². The first-order valence-corrected chi connectivity index (χ1v) is 7.07. The fourth-order valence-electron chi connectivity index (χ4n) is 1.91. The van der Waals surface area contributed by atoms with Crippen molar-refractivity contribution >= 4 is 28.4 Å². The number of ether oxygens (including phenoxy) is 1. The van der Waals surface area contributed by atoms with E-state index in [9.17, 15) is 10.1 Å². The molecule has 0 spiro atoms. The van der Waals surface area contributed by atoms with Crippen molar-refractivity contribution in [2.45, 2.75) is 5.92 Å². The van der Waals surface area contributed by atoms with Crippen LogP contribution in [0.5, 0.6) is 5.75 Å². The lowest BCUT2D eigenvalue weighted by atomic mass is 9.92. The molecule has 0 amide bonds. The lowest BCUT2D eigenvalue weighted by molar-refractivity contribution is 0.0979. The molecular weight excluding hydrogens is 365 g/mol. The van der Waals surface area contributed by atoms with Gasteiger partial charge in [0, 0.05) is 9.13 Å². The third-order valence-electron chi connectivity index (χ3n) is 2.93. The summed E-state index contributed by atoms with van der Waals surface area (Å²) in [4.78, 5) is 12.5. The molecule has 0 heterocycles. The summed E-state index contributed by atoms with van der Waals surface area (Å²) in [6, 6.07) is 16.4. The maximum absolute atomic E-state index is 12.5. The molecule has 0 aliphatic carbocycles. The smallest absolute Gasteiger partial charge is 0.184 e. The minimum absolute atomic E-state index is 0.195. The molecule has 0 saturated heterocycles. The van der Waals surface area contributed by atoms with E-state index in [4.69, 9.17) is 4.74 Å². The molecular formula is C16H12INO2. The number of hydrogen-bond donors (Lipinski definition) is 0. The van der Waals surface area contributed by atoms with Crippen molar-refractivity contribution in [1.29, 1.82) is 5.26 Å². The van der Waals surface area contributed by atoms with Gasteiger partial charge in [-0.2, -0.15) is 5.26 Å². The molecule has 1 unspecified atom stereocenters. The number of nitrogens with zero attached hydrogens (tertiary/aromatic N) is 1.